The molecule has 2 rings (SSSR count). The molecule has 1 atom stereocenters. The van der Waals surface area contributed by atoms with Gasteiger partial charge in [0, 0.05) is 6.54 Å². The highest BCUT2D eigenvalue weighted by Gasteiger charge is 2.34. The zero-order valence-electron chi connectivity index (χ0n) is 13.3. The van der Waals surface area contributed by atoms with Gasteiger partial charge in [0.15, 0.2) is 0 Å². The molecule has 1 aromatic carbocycles. The Hall–Kier alpha value is -2.37. The molecule has 1 aliphatic rings. The number of carbonyl (C=O) groups excluding carboxylic acids is 3. The van der Waals surface area contributed by atoms with Gasteiger partial charge in [0.2, 0.25) is 11.8 Å². The first-order chi connectivity index (χ1) is 11.1. The van der Waals surface area contributed by atoms with E-state index in [1.165, 1.54) is 4.90 Å². The highest BCUT2D eigenvalue weighted by molar-refractivity contribution is 5.89. The number of likely N-dealkylation sites (tertiary alicyclic amines) is 1. The second-order valence-electron chi connectivity index (χ2n) is 5.44. The quantitative estimate of drug-likeness (QED) is 0.791. The number of nitrogens with zero attached hydrogens (tertiary/aromatic N) is 1. The van der Waals surface area contributed by atoms with Gasteiger partial charge in [-0.1, -0.05) is 30.3 Å². The van der Waals surface area contributed by atoms with Crippen molar-refractivity contribution in [3.05, 3.63) is 35.9 Å². The predicted molar refractivity (Wildman–Crippen MR) is 84.5 cm³/mol. The zero-order chi connectivity index (χ0) is 16.7. The van der Waals surface area contributed by atoms with E-state index in [1.807, 2.05) is 30.3 Å². The van der Waals surface area contributed by atoms with Crippen molar-refractivity contribution in [1.29, 1.82) is 0 Å². The minimum atomic E-state index is -0.520. The first-order valence-corrected chi connectivity index (χ1v) is 7.88. The van der Waals surface area contributed by atoms with E-state index in [2.05, 4.69) is 5.32 Å². The Morgan fingerprint density at radius 3 is 2.70 bits per heavy atom. The van der Waals surface area contributed by atoms with Crippen molar-refractivity contribution >= 4 is 17.8 Å². The minimum Gasteiger partial charge on any atom is -0.464 e. The van der Waals surface area contributed by atoms with Crippen LogP contribution in [0.25, 0.3) is 0 Å². The molecule has 1 fully saturated rings. The van der Waals surface area contributed by atoms with Gasteiger partial charge in [0.1, 0.15) is 6.04 Å². The summed E-state index contributed by atoms with van der Waals surface area (Å²) in [7, 11) is 0. The Morgan fingerprint density at radius 1 is 1.26 bits per heavy atom. The second kappa shape index (κ2) is 8.31. The molecule has 1 aliphatic heterocycles. The largest absolute Gasteiger partial charge is 0.464 e. The lowest BCUT2D eigenvalue weighted by atomic mass is 10.1. The summed E-state index contributed by atoms with van der Waals surface area (Å²) in [6.07, 6.45) is 1.62. The van der Waals surface area contributed by atoms with Crippen LogP contribution in [0.4, 0.5) is 0 Å². The molecule has 1 heterocycles. The van der Waals surface area contributed by atoms with E-state index in [4.69, 9.17) is 4.74 Å². The summed E-state index contributed by atoms with van der Waals surface area (Å²) in [5.74, 6) is -0.827. The van der Waals surface area contributed by atoms with Gasteiger partial charge in [0.25, 0.3) is 0 Å². The number of esters is 1. The van der Waals surface area contributed by atoms with Crippen LogP contribution < -0.4 is 5.32 Å². The van der Waals surface area contributed by atoms with E-state index in [0.717, 1.165) is 12.0 Å². The molecule has 6 heteroatoms. The van der Waals surface area contributed by atoms with Gasteiger partial charge in [-0.05, 0) is 25.3 Å². The Labute approximate surface area is 135 Å². The highest BCUT2D eigenvalue weighted by Crippen LogP contribution is 2.18. The van der Waals surface area contributed by atoms with Gasteiger partial charge in [-0.15, -0.1) is 0 Å². The molecule has 0 spiro atoms. The van der Waals surface area contributed by atoms with Crippen LogP contribution in [0, 0.1) is 0 Å². The average Bonchev–Trinajstić information content (AvgIpc) is 3.03. The van der Waals surface area contributed by atoms with Gasteiger partial charge < -0.3 is 15.0 Å². The Morgan fingerprint density at radius 2 is 2.00 bits per heavy atom. The summed E-state index contributed by atoms with van der Waals surface area (Å²) in [5.41, 5.74) is 0.892. The summed E-state index contributed by atoms with van der Waals surface area (Å²) in [6.45, 7) is 2.46. The van der Waals surface area contributed by atoms with Gasteiger partial charge in [-0.25, -0.2) is 4.79 Å². The molecule has 23 heavy (non-hydrogen) atoms. The van der Waals surface area contributed by atoms with Crippen LogP contribution in [0.15, 0.2) is 30.3 Å². The number of nitrogens with one attached hydrogen (secondary N) is 1. The fourth-order valence-corrected chi connectivity index (χ4v) is 2.67. The topological polar surface area (TPSA) is 75.7 Å². The molecular formula is C17H22N2O4. The molecular weight excluding hydrogens is 296 g/mol. The molecule has 124 valence electrons. The molecule has 1 saturated heterocycles. The summed E-state index contributed by atoms with van der Waals surface area (Å²) in [4.78, 5) is 37.4. The lowest BCUT2D eigenvalue weighted by Gasteiger charge is -2.23. The van der Waals surface area contributed by atoms with Crippen LogP contribution in [-0.4, -0.2) is 48.4 Å². The molecule has 0 aliphatic carbocycles. The third-order valence-corrected chi connectivity index (χ3v) is 3.78. The Bertz CT molecular complexity index is 559. The number of hydrogen-bond acceptors (Lipinski definition) is 4. The van der Waals surface area contributed by atoms with Gasteiger partial charge in [-0.3, -0.25) is 9.59 Å². The van der Waals surface area contributed by atoms with E-state index >= 15 is 0 Å². The lowest BCUT2D eigenvalue weighted by molar-refractivity contribution is -0.152. The van der Waals surface area contributed by atoms with Gasteiger partial charge in [-0.2, -0.15) is 0 Å². The van der Waals surface area contributed by atoms with Crippen LogP contribution in [-0.2, 0) is 25.5 Å². The van der Waals surface area contributed by atoms with E-state index in [1.54, 1.807) is 6.92 Å². The number of rotatable bonds is 6. The standard InChI is InChI=1S/C17H22N2O4/c1-2-23-17(22)14-9-6-10-19(14)16(21)12-18-15(20)11-13-7-4-3-5-8-13/h3-5,7-8,14H,2,6,9-12H2,1H3,(H,18,20)/t14-/m0/s1. The molecule has 0 aromatic heterocycles. The number of carbonyl (C=O) groups is 3. The Balaban J connectivity index is 1.81. The SMILES string of the molecule is CCOC(=O)[C@@H]1CCCN1C(=O)CNC(=O)Cc1ccccc1. The molecule has 0 saturated carbocycles. The number of benzene rings is 1. The van der Waals surface area contributed by atoms with Crippen LogP contribution in [0.3, 0.4) is 0 Å². The van der Waals surface area contributed by atoms with E-state index in [9.17, 15) is 14.4 Å². The molecule has 0 bridgehead atoms. The van der Waals surface area contributed by atoms with Crippen LogP contribution >= 0.6 is 0 Å². The van der Waals surface area contributed by atoms with E-state index < -0.39 is 6.04 Å². The minimum absolute atomic E-state index is 0.0957. The Kier molecular flexibility index (Phi) is 6.14. The number of hydrogen-bond donors (Lipinski definition) is 1. The first-order valence-electron chi connectivity index (χ1n) is 7.88. The molecule has 2 amide bonds. The molecule has 0 unspecified atom stereocenters. The maximum Gasteiger partial charge on any atom is 0.328 e. The highest BCUT2D eigenvalue weighted by atomic mass is 16.5. The van der Waals surface area contributed by atoms with Crippen molar-refractivity contribution in [2.45, 2.75) is 32.2 Å². The third-order valence-electron chi connectivity index (χ3n) is 3.78. The molecule has 6 nitrogen and oxygen atoms in total. The maximum absolute atomic E-state index is 12.2. The smallest absolute Gasteiger partial charge is 0.328 e. The van der Waals surface area contributed by atoms with Crippen molar-refractivity contribution < 1.29 is 19.1 Å². The van der Waals surface area contributed by atoms with Crippen molar-refractivity contribution in [1.82, 2.24) is 10.2 Å². The summed E-state index contributed by atoms with van der Waals surface area (Å²) >= 11 is 0. The van der Waals surface area contributed by atoms with Crippen LogP contribution in [0.5, 0.6) is 0 Å². The normalized spacial score (nSPS) is 16.9. The van der Waals surface area contributed by atoms with Crippen molar-refractivity contribution in [3.8, 4) is 0 Å². The number of ether oxygens (including phenoxy) is 1. The fraction of sp³-hybridized carbons (Fsp3) is 0.471. The van der Waals surface area contributed by atoms with Crippen molar-refractivity contribution in [2.75, 3.05) is 19.7 Å². The fourth-order valence-electron chi connectivity index (χ4n) is 2.67. The van der Waals surface area contributed by atoms with Gasteiger partial charge >= 0.3 is 5.97 Å². The zero-order valence-corrected chi connectivity index (χ0v) is 13.3. The van der Waals surface area contributed by atoms with Crippen LogP contribution in [0.1, 0.15) is 25.3 Å². The number of amides is 2. The van der Waals surface area contributed by atoms with Crippen LogP contribution in [0.2, 0.25) is 0 Å². The molecule has 1 N–H and O–H groups in total. The molecule has 1 aromatic rings. The van der Waals surface area contributed by atoms with E-state index in [0.29, 0.717) is 19.6 Å². The van der Waals surface area contributed by atoms with E-state index in [-0.39, 0.29) is 30.7 Å². The van der Waals surface area contributed by atoms with Crippen molar-refractivity contribution in [2.24, 2.45) is 0 Å². The molecule has 0 radical (unpaired) electrons. The van der Waals surface area contributed by atoms with Crippen molar-refractivity contribution in [3.63, 3.8) is 0 Å². The summed E-state index contributed by atoms with van der Waals surface area (Å²) in [6, 6.07) is 8.81. The summed E-state index contributed by atoms with van der Waals surface area (Å²) in [5, 5.41) is 2.62. The monoisotopic (exact) mass is 318 g/mol. The predicted octanol–water partition coefficient (Wildman–Crippen LogP) is 0.899. The third kappa shape index (κ3) is 4.81. The second-order valence-corrected chi connectivity index (χ2v) is 5.44. The first kappa shape index (κ1) is 17.0. The lowest BCUT2D eigenvalue weighted by Crippen LogP contribution is -2.46. The maximum atomic E-state index is 12.2. The summed E-state index contributed by atoms with van der Waals surface area (Å²) < 4.78 is 4.99. The van der Waals surface area contributed by atoms with Gasteiger partial charge in [0.05, 0.1) is 19.6 Å². The average molecular weight is 318 g/mol.